The van der Waals surface area contributed by atoms with E-state index in [-0.39, 0.29) is 40.5 Å². The number of amides is 1. The van der Waals surface area contributed by atoms with Gasteiger partial charge in [0.15, 0.2) is 5.96 Å². The quantitative estimate of drug-likeness (QED) is 0.272. The number of piperidine rings is 1. The molecule has 4 N–H and O–H groups in total. The smallest absolute Gasteiger partial charge is 0.221 e. The zero-order valence-electron chi connectivity index (χ0n) is 18.0. The molecule has 1 heterocycles. The zero-order chi connectivity index (χ0) is 20.6. The first-order valence-corrected chi connectivity index (χ1v) is 11.1. The van der Waals surface area contributed by atoms with Crippen LogP contribution in [0.25, 0.3) is 0 Å². The van der Waals surface area contributed by atoms with Crippen LogP contribution in [-0.4, -0.2) is 54.5 Å². The highest BCUT2D eigenvalue weighted by Gasteiger charge is 2.23. The second kappa shape index (κ2) is 12.6. The number of guanidine groups is 1. The first-order valence-electron chi connectivity index (χ1n) is 9.92. The normalized spacial score (nSPS) is 18.1. The largest absolute Gasteiger partial charge is 0.369 e. The molecule has 0 spiro atoms. The molecule has 1 saturated heterocycles. The van der Waals surface area contributed by atoms with Crippen LogP contribution in [0, 0.1) is 5.92 Å². The highest BCUT2D eigenvalue weighted by molar-refractivity contribution is 14.0. The van der Waals surface area contributed by atoms with E-state index in [1.165, 1.54) is 11.1 Å². The molecule has 0 bridgehead atoms. The van der Waals surface area contributed by atoms with Crippen LogP contribution in [0.2, 0.25) is 0 Å². The first-order chi connectivity index (χ1) is 13.3. The van der Waals surface area contributed by atoms with Gasteiger partial charge in [0.2, 0.25) is 5.91 Å². The molecule has 164 valence electrons. The second-order valence-corrected chi connectivity index (χ2v) is 9.55. The predicted octanol–water partition coefficient (Wildman–Crippen LogP) is 2.81. The highest BCUT2D eigenvalue weighted by atomic mass is 127. The first kappa shape index (κ1) is 26.0. The van der Waals surface area contributed by atoms with E-state index in [0.717, 1.165) is 51.5 Å². The SMILES string of the molecule is CN=C(NCc1cccc(CN2CCCC(C(N)=O)C2)c1)NCC(C)(C)SC.I. The highest BCUT2D eigenvalue weighted by Crippen LogP contribution is 2.20. The second-order valence-electron chi connectivity index (χ2n) is 8.04. The molecular weight excluding hydrogens is 497 g/mol. The fourth-order valence-corrected chi connectivity index (χ4v) is 3.52. The minimum atomic E-state index is -0.175. The topological polar surface area (TPSA) is 82.8 Å². The van der Waals surface area contributed by atoms with Crippen molar-refractivity contribution in [2.45, 2.75) is 44.5 Å². The van der Waals surface area contributed by atoms with Crippen molar-refractivity contribution in [3.63, 3.8) is 0 Å². The third-order valence-electron chi connectivity index (χ3n) is 5.22. The molecule has 1 aromatic carbocycles. The minimum absolute atomic E-state index is 0. The lowest BCUT2D eigenvalue weighted by Crippen LogP contribution is -2.43. The summed E-state index contributed by atoms with van der Waals surface area (Å²) in [6.07, 6.45) is 4.07. The number of primary amides is 1. The summed E-state index contributed by atoms with van der Waals surface area (Å²) in [5.41, 5.74) is 7.97. The number of nitrogens with two attached hydrogens (primary N) is 1. The number of likely N-dealkylation sites (tertiary alicyclic amines) is 1. The average molecular weight is 534 g/mol. The molecule has 1 aliphatic heterocycles. The maximum Gasteiger partial charge on any atom is 0.221 e. The van der Waals surface area contributed by atoms with Crippen LogP contribution < -0.4 is 16.4 Å². The van der Waals surface area contributed by atoms with Crippen molar-refractivity contribution in [1.82, 2.24) is 15.5 Å². The molecule has 1 aromatic rings. The van der Waals surface area contributed by atoms with Gasteiger partial charge in [0.05, 0.1) is 5.92 Å². The summed E-state index contributed by atoms with van der Waals surface area (Å²) >= 11 is 1.84. The Morgan fingerprint density at radius 3 is 2.72 bits per heavy atom. The number of nitrogens with one attached hydrogen (secondary N) is 2. The van der Waals surface area contributed by atoms with E-state index < -0.39 is 0 Å². The molecule has 0 radical (unpaired) electrons. The predicted molar refractivity (Wildman–Crippen MR) is 135 cm³/mol. The molecule has 6 nitrogen and oxygen atoms in total. The van der Waals surface area contributed by atoms with Crippen molar-refractivity contribution in [2.75, 3.05) is 32.9 Å². The van der Waals surface area contributed by atoms with Crippen molar-refractivity contribution < 1.29 is 4.79 Å². The van der Waals surface area contributed by atoms with Crippen LogP contribution in [0.3, 0.4) is 0 Å². The molecule has 1 aliphatic rings. The van der Waals surface area contributed by atoms with Gasteiger partial charge >= 0.3 is 0 Å². The standard InChI is InChI=1S/C21H35N5OS.HI/c1-21(2,28-4)15-25-20(23-3)24-12-16-7-5-8-17(11-16)13-26-10-6-9-18(14-26)19(22)27;/h5,7-8,11,18H,6,9-10,12-15H2,1-4H3,(H2,22,27)(H2,23,24,25);1H. The monoisotopic (exact) mass is 533 g/mol. The minimum Gasteiger partial charge on any atom is -0.369 e. The van der Waals surface area contributed by atoms with Gasteiger partial charge in [0, 0.05) is 38.0 Å². The van der Waals surface area contributed by atoms with E-state index in [4.69, 9.17) is 5.73 Å². The van der Waals surface area contributed by atoms with E-state index in [1.54, 1.807) is 7.05 Å². The fourth-order valence-electron chi connectivity index (χ4n) is 3.30. The van der Waals surface area contributed by atoms with Crippen LogP contribution in [0.4, 0.5) is 0 Å². The number of benzene rings is 1. The third-order valence-corrected chi connectivity index (χ3v) is 6.47. The molecule has 1 unspecified atom stereocenters. The number of carbonyl (C=O) groups excluding carboxylic acids is 1. The Morgan fingerprint density at radius 2 is 2.07 bits per heavy atom. The Hall–Kier alpha value is -1.00. The molecule has 1 amide bonds. The summed E-state index contributed by atoms with van der Waals surface area (Å²) in [7, 11) is 1.79. The van der Waals surface area contributed by atoms with E-state index in [1.807, 2.05) is 11.8 Å². The van der Waals surface area contributed by atoms with Crippen LogP contribution in [0.5, 0.6) is 0 Å². The molecule has 1 atom stereocenters. The molecule has 2 rings (SSSR count). The number of nitrogens with zero attached hydrogens (tertiary/aromatic N) is 2. The maximum atomic E-state index is 11.5. The summed E-state index contributed by atoms with van der Waals surface area (Å²) < 4.78 is 0.161. The van der Waals surface area contributed by atoms with Crippen molar-refractivity contribution in [1.29, 1.82) is 0 Å². The van der Waals surface area contributed by atoms with Crippen LogP contribution in [0.15, 0.2) is 29.3 Å². The third kappa shape index (κ3) is 9.13. The van der Waals surface area contributed by atoms with Crippen molar-refractivity contribution in [2.24, 2.45) is 16.6 Å². The lowest BCUT2D eigenvalue weighted by Gasteiger charge is -2.31. The van der Waals surface area contributed by atoms with Crippen molar-refractivity contribution in [3.8, 4) is 0 Å². The lowest BCUT2D eigenvalue weighted by atomic mass is 9.97. The summed E-state index contributed by atoms with van der Waals surface area (Å²) in [6.45, 7) is 8.64. The Morgan fingerprint density at radius 1 is 1.34 bits per heavy atom. The Kier molecular flexibility index (Phi) is 11.3. The van der Waals surface area contributed by atoms with Crippen molar-refractivity contribution in [3.05, 3.63) is 35.4 Å². The Labute approximate surface area is 196 Å². The number of rotatable bonds is 8. The van der Waals surface area contributed by atoms with Gasteiger partial charge in [0.25, 0.3) is 0 Å². The average Bonchev–Trinajstić information content (AvgIpc) is 2.68. The van der Waals surface area contributed by atoms with Gasteiger partial charge in [-0.05, 0) is 50.6 Å². The zero-order valence-corrected chi connectivity index (χ0v) is 21.2. The van der Waals surface area contributed by atoms with Gasteiger partial charge in [-0.2, -0.15) is 11.8 Å². The molecule has 0 saturated carbocycles. The van der Waals surface area contributed by atoms with Gasteiger partial charge in [-0.3, -0.25) is 14.7 Å². The molecular formula is C21H36IN5OS. The van der Waals surface area contributed by atoms with Gasteiger partial charge in [-0.25, -0.2) is 0 Å². The van der Waals surface area contributed by atoms with Crippen LogP contribution in [-0.2, 0) is 17.9 Å². The lowest BCUT2D eigenvalue weighted by molar-refractivity contribution is -0.123. The van der Waals surface area contributed by atoms with E-state index >= 15 is 0 Å². The number of aliphatic imine (C=N–C) groups is 1. The number of halogens is 1. The summed E-state index contributed by atoms with van der Waals surface area (Å²) in [5.74, 6) is 0.623. The van der Waals surface area contributed by atoms with E-state index in [9.17, 15) is 4.79 Å². The summed E-state index contributed by atoms with van der Waals surface area (Å²) in [4.78, 5) is 18.1. The summed E-state index contributed by atoms with van der Waals surface area (Å²) in [6, 6.07) is 8.58. The van der Waals surface area contributed by atoms with Gasteiger partial charge in [-0.1, -0.05) is 24.3 Å². The summed E-state index contributed by atoms with van der Waals surface area (Å²) in [5, 5.41) is 6.78. The van der Waals surface area contributed by atoms with E-state index in [2.05, 4.69) is 64.9 Å². The van der Waals surface area contributed by atoms with E-state index in [0.29, 0.717) is 0 Å². The Bertz CT molecular complexity index is 683. The number of carbonyl (C=O) groups is 1. The van der Waals surface area contributed by atoms with Gasteiger partial charge in [-0.15, -0.1) is 24.0 Å². The molecule has 29 heavy (non-hydrogen) atoms. The van der Waals surface area contributed by atoms with Crippen LogP contribution in [0.1, 0.15) is 37.8 Å². The van der Waals surface area contributed by atoms with Gasteiger partial charge in [0.1, 0.15) is 0 Å². The van der Waals surface area contributed by atoms with Crippen LogP contribution >= 0.6 is 35.7 Å². The molecule has 0 aliphatic carbocycles. The Balaban J connectivity index is 0.00000420. The number of hydrogen-bond acceptors (Lipinski definition) is 4. The molecule has 1 fully saturated rings. The maximum absolute atomic E-state index is 11.5. The molecule has 8 heteroatoms. The molecule has 0 aromatic heterocycles. The fraction of sp³-hybridized carbons (Fsp3) is 0.619. The van der Waals surface area contributed by atoms with Gasteiger partial charge < -0.3 is 16.4 Å². The number of thioether (sulfide) groups is 1. The number of hydrogen-bond donors (Lipinski definition) is 3. The van der Waals surface area contributed by atoms with Crippen molar-refractivity contribution >= 4 is 47.6 Å².